The van der Waals surface area contributed by atoms with Crippen molar-refractivity contribution >= 4 is 28.4 Å². The lowest BCUT2D eigenvalue weighted by Gasteiger charge is -2.19. The van der Waals surface area contributed by atoms with E-state index in [1.807, 2.05) is 0 Å². The molecule has 0 aliphatic rings. The molecule has 0 radical (unpaired) electrons. The van der Waals surface area contributed by atoms with Crippen LogP contribution < -0.4 is 5.32 Å². The van der Waals surface area contributed by atoms with Crippen molar-refractivity contribution in [1.29, 1.82) is 0 Å². The van der Waals surface area contributed by atoms with Crippen LogP contribution in [0.2, 0.25) is 0 Å². The molecule has 1 aromatic heterocycles. The van der Waals surface area contributed by atoms with Gasteiger partial charge in [-0.1, -0.05) is 30.3 Å². The molecule has 0 aliphatic heterocycles. The predicted octanol–water partition coefficient (Wildman–Crippen LogP) is 5.18. The molecule has 150 valence electrons. The molecule has 12 heteroatoms. The quantitative estimate of drug-likeness (QED) is 0.431. The number of thiazole rings is 1. The Labute approximate surface area is 164 Å². The van der Waals surface area contributed by atoms with Crippen molar-refractivity contribution in [2.24, 2.45) is 0 Å². The van der Waals surface area contributed by atoms with Crippen LogP contribution in [-0.4, -0.2) is 14.8 Å². The first-order chi connectivity index (χ1) is 13.7. The van der Waals surface area contributed by atoms with Gasteiger partial charge >= 0.3 is 6.18 Å². The Morgan fingerprint density at radius 1 is 1.03 bits per heavy atom. The second kappa shape index (κ2) is 7.83. The third-order valence-electron chi connectivity index (χ3n) is 3.94. The van der Waals surface area contributed by atoms with Crippen LogP contribution in [0.25, 0.3) is 0 Å². The van der Waals surface area contributed by atoms with Gasteiger partial charge in [0.05, 0.1) is 15.4 Å². The predicted molar refractivity (Wildman–Crippen MR) is 98.8 cm³/mol. The van der Waals surface area contributed by atoms with E-state index in [9.17, 15) is 33.4 Å². The Morgan fingerprint density at radius 3 is 2.07 bits per heavy atom. The SMILES string of the molecule is O=[N+]([O-])c1cc(C(F)(F)F)cc([N+](=O)[O-])c1NC(c1ccccc1)c1nccs1. The van der Waals surface area contributed by atoms with E-state index in [0.29, 0.717) is 10.6 Å². The van der Waals surface area contributed by atoms with Crippen molar-refractivity contribution in [3.8, 4) is 0 Å². The maximum atomic E-state index is 13.1. The van der Waals surface area contributed by atoms with Crippen molar-refractivity contribution in [1.82, 2.24) is 4.98 Å². The van der Waals surface area contributed by atoms with Crippen molar-refractivity contribution in [2.75, 3.05) is 5.32 Å². The van der Waals surface area contributed by atoms with Crippen molar-refractivity contribution in [3.05, 3.63) is 90.4 Å². The second-order valence-corrected chi connectivity index (χ2v) is 6.69. The fourth-order valence-corrected chi connectivity index (χ4v) is 3.38. The minimum absolute atomic E-state index is 0.277. The Morgan fingerprint density at radius 2 is 1.62 bits per heavy atom. The molecule has 0 aliphatic carbocycles. The van der Waals surface area contributed by atoms with Crippen LogP contribution in [0, 0.1) is 20.2 Å². The van der Waals surface area contributed by atoms with Crippen molar-refractivity contribution < 1.29 is 23.0 Å². The van der Waals surface area contributed by atoms with Crippen LogP contribution in [0.5, 0.6) is 0 Å². The van der Waals surface area contributed by atoms with Gasteiger partial charge in [-0.05, 0) is 5.56 Å². The first-order valence-electron chi connectivity index (χ1n) is 7.93. The number of anilines is 1. The Hall–Kier alpha value is -3.54. The van der Waals surface area contributed by atoms with Gasteiger partial charge in [-0.15, -0.1) is 11.3 Å². The average Bonchev–Trinajstić information content (AvgIpc) is 3.19. The number of hydrogen-bond donors (Lipinski definition) is 1. The summed E-state index contributed by atoms with van der Waals surface area (Å²) in [5.41, 5.74) is -3.64. The summed E-state index contributed by atoms with van der Waals surface area (Å²) in [5, 5.41) is 27.6. The maximum Gasteiger partial charge on any atom is 0.416 e. The van der Waals surface area contributed by atoms with Crippen LogP contribution in [0.15, 0.2) is 54.0 Å². The van der Waals surface area contributed by atoms with Gasteiger partial charge in [-0.2, -0.15) is 13.2 Å². The Bertz CT molecular complexity index is 1010. The average molecular weight is 424 g/mol. The number of rotatable bonds is 6. The van der Waals surface area contributed by atoms with Crippen LogP contribution >= 0.6 is 11.3 Å². The van der Waals surface area contributed by atoms with E-state index in [-0.39, 0.29) is 12.1 Å². The molecule has 1 N–H and O–H groups in total. The minimum Gasteiger partial charge on any atom is -0.361 e. The number of nitro groups is 2. The summed E-state index contributed by atoms with van der Waals surface area (Å²) in [4.78, 5) is 24.8. The van der Waals surface area contributed by atoms with Gasteiger partial charge in [-0.3, -0.25) is 20.2 Å². The third-order valence-corrected chi connectivity index (χ3v) is 4.78. The molecule has 0 amide bonds. The maximum absolute atomic E-state index is 13.1. The fourth-order valence-electron chi connectivity index (χ4n) is 2.67. The van der Waals surface area contributed by atoms with E-state index < -0.39 is 44.7 Å². The highest BCUT2D eigenvalue weighted by Crippen LogP contribution is 2.43. The summed E-state index contributed by atoms with van der Waals surface area (Å²) in [6.45, 7) is 0. The number of benzene rings is 2. The number of hydrogen-bond acceptors (Lipinski definition) is 7. The van der Waals surface area contributed by atoms with Gasteiger partial charge < -0.3 is 5.32 Å². The molecule has 29 heavy (non-hydrogen) atoms. The second-order valence-electron chi connectivity index (χ2n) is 5.76. The molecule has 0 saturated carbocycles. The zero-order chi connectivity index (χ0) is 21.2. The molecule has 0 saturated heterocycles. The van der Waals surface area contributed by atoms with E-state index in [0.717, 1.165) is 0 Å². The summed E-state index contributed by atoms with van der Waals surface area (Å²) in [7, 11) is 0. The monoisotopic (exact) mass is 424 g/mol. The van der Waals surface area contributed by atoms with E-state index in [4.69, 9.17) is 0 Å². The van der Waals surface area contributed by atoms with Crippen molar-refractivity contribution in [2.45, 2.75) is 12.2 Å². The molecule has 1 unspecified atom stereocenters. The summed E-state index contributed by atoms with van der Waals surface area (Å²) in [6.07, 6.45) is -3.50. The van der Waals surface area contributed by atoms with Gasteiger partial charge in [0.25, 0.3) is 11.4 Å². The molecule has 1 atom stereocenters. The Kier molecular flexibility index (Phi) is 5.46. The van der Waals surface area contributed by atoms with Crippen LogP contribution in [0.3, 0.4) is 0 Å². The molecule has 0 fully saturated rings. The molecular formula is C17H11F3N4O4S. The van der Waals surface area contributed by atoms with E-state index in [2.05, 4.69) is 10.3 Å². The van der Waals surface area contributed by atoms with Gasteiger partial charge in [0.2, 0.25) is 0 Å². The molecule has 8 nitrogen and oxygen atoms in total. The van der Waals surface area contributed by atoms with Crippen LogP contribution in [0.4, 0.5) is 30.2 Å². The summed E-state index contributed by atoms with van der Waals surface area (Å²) in [6, 6.07) is 8.15. The smallest absolute Gasteiger partial charge is 0.361 e. The minimum atomic E-state index is -4.98. The van der Waals surface area contributed by atoms with Crippen LogP contribution in [-0.2, 0) is 6.18 Å². The highest BCUT2D eigenvalue weighted by atomic mass is 32.1. The lowest BCUT2D eigenvalue weighted by molar-refractivity contribution is -0.392. The number of alkyl halides is 3. The van der Waals surface area contributed by atoms with E-state index in [1.54, 1.807) is 35.7 Å². The highest BCUT2D eigenvalue weighted by Gasteiger charge is 2.38. The number of nitro benzene ring substituents is 2. The van der Waals surface area contributed by atoms with E-state index >= 15 is 0 Å². The highest BCUT2D eigenvalue weighted by molar-refractivity contribution is 7.09. The normalized spacial score (nSPS) is 12.4. The zero-order valence-electron chi connectivity index (χ0n) is 14.3. The summed E-state index contributed by atoms with van der Waals surface area (Å²) in [5.74, 6) is 0. The Balaban J connectivity index is 2.20. The molecule has 2 aromatic carbocycles. The lowest BCUT2D eigenvalue weighted by atomic mass is 10.1. The van der Waals surface area contributed by atoms with Gasteiger partial charge in [0.1, 0.15) is 11.0 Å². The summed E-state index contributed by atoms with van der Waals surface area (Å²) >= 11 is 1.19. The summed E-state index contributed by atoms with van der Waals surface area (Å²) < 4.78 is 39.2. The standard InChI is InChI=1S/C17H11F3N4O4S/c18-17(19,20)11-8-12(23(25)26)15(13(9-11)24(27)28)22-14(16-21-6-7-29-16)10-4-2-1-3-5-10/h1-9,14,22H. The number of nitrogens with zero attached hydrogens (tertiary/aromatic N) is 3. The lowest BCUT2D eigenvalue weighted by Crippen LogP contribution is -2.16. The third kappa shape index (κ3) is 4.32. The number of halogens is 3. The van der Waals surface area contributed by atoms with Gasteiger partial charge in [0, 0.05) is 23.7 Å². The molecule has 1 heterocycles. The largest absolute Gasteiger partial charge is 0.416 e. The molecule has 3 aromatic rings. The molecular weight excluding hydrogens is 413 g/mol. The number of aromatic nitrogens is 1. The first kappa shape index (κ1) is 20.2. The molecule has 0 spiro atoms. The van der Waals surface area contributed by atoms with Gasteiger partial charge in [-0.25, -0.2) is 4.98 Å². The fraction of sp³-hybridized carbons (Fsp3) is 0.118. The van der Waals surface area contributed by atoms with Crippen molar-refractivity contribution in [3.63, 3.8) is 0 Å². The topological polar surface area (TPSA) is 111 Å². The van der Waals surface area contributed by atoms with Gasteiger partial charge in [0.15, 0.2) is 5.69 Å². The zero-order valence-corrected chi connectivity index (χ0v) is 15.1. The molecule has 3 rings (SSSR count). The number of nitrogens with one attached hydrogen (secondary N) is 1. The van der Waals surface area contributed by atoms with Crippen LogP contribution in [0.1, 0.15) is 22.2 Å². The first-order valence-corrected chi connectivity index (χ1v) is 8.81. The van der Waals surface area contributed by atoms with E-state index in [1.165, 1.54) is 17.5 Å². The molecule has 0 bridgehead atoms.